The average molecular weight is 142 g/mol. The van der Waals surface area contributed by atoms with Gasteiger partial charge < -0.3 is 10.6 Å². The molecule has 0 aromatic heterocycles. The molecule has 1 unspecified atom stereocenters. The van der Waals surface area contributed by atoms with Crippen LogP contribution < -0.4 is 5.73 Å². The normalized spacial score (nSPS) is 22.2. The van der Waals surface area contributed by atoms with E-state index in [4.69, 9.17) is 5.73 Å². The Balaban J connectivity index is 1.93. The molecule has 1 saturated heterocycles. The predicted octanol–water partition coefficient (Wildman–Crippen LogP) is 0.677. The molecule has 0 radical (unpaired) electrons. The third-order valence-electron chi connectivity index (χ3n) is 2.29. The second kappa shape index (κ2) is 3.94. The molecule has 2 heteroatoms. The summed E-state index contributed by atoms with van der Waals surface area (Å²) in [5, 5.41) is 0. The maximum Gasteiger partial charge on any atom is -0.000654 e. The summed E-state index contributed by atoms with van der Waals surface area (Å²) in [6.45, 7) is 6.96. The SMILES string of the molecule is CC(CN)CCN1CCC1. The van der Waals surface area contributed by atoms with E-state index < -0.39 is 0 Å². The van der Waals surface area contributed by atoms with Gasteiger partial charge in [-0.25, -0.2) is 0 Å². The Bertz CT molecular complexity index is 84.5. The zero-order valence-corrected chi connectivity index (χ0v) is 6.84. The number of likely N-dealkylation sites (tertiary alicyclic amines) is 1. The van der Waals surface area contributed by atoms with Gasteiger partial charge in [-0.05, 0) is 44.9 Å². The van der Waals surface area contributed by atoms with Gasteiger partial charge in [0.15, 0.2) is 0 Å². The lowest BCUT2D eigenvalue weighted by Gasteiger charge is -2.31. The van der Waals surface area contributed by atoms with Crippen molar-refractivity contribution in [1.29, 1.82) is 0 Å². The first-order valence-corrected chi connectivity index (χ1v) is 4.25. The van der Waals surface area contributed by atoms with E-state index >= 15 is 0 Å². The van der Waals surface area contributed by atoms with Crippen LogP contribution in [0.2, 0.25) is 0 Å². The molecule has 0 bridgehead atoms. The summed E-state index contributed by atoms with van der Waals surface area (Å²) >= 11 is 0. The highest BCUT2D eigenvalue weighted by molar-refractivity contribution is 4.69. The van der Waals surface area contributed by atoms with Crippen molar-refractivity contribution in [3.8, 4) is 0 Å². The van der Waals surface area contributed by atoms with E-state index in [0.29, 0.717) is 5.92 Å². The molecule has 1 aliphatic rings. The second-order valence-electron chi connectivity index (χ2n) is 3.32. The third kappa shape index (κ3) is 2.27. The predicted molar refractivity (Wildman–Crippen MR) is 43.9 cm³/mol. The van der Waals surface area contributed by atoms with E-state index in [2.05, 4.69) is 11.8 Å². The smallest absolute Gasteiger partial charge is 0.000654 e. The Labute approximate surface area is 63.4 Å². The monoisotopic (exact) mass is 142 g/mol. The summed E-state index contributed by atoms with van der Waals surface area (Å²) in [4.78, 5) is 2.49. The van der Waals surface area contributed by atoms with Gasteiger partial charge in [0.1, 0.15) is 0 Å². The standard InChI is InChI=1S/C8H18N2/c1-8(7-9)3-6-10-4-2-5-10/h8H,2-7,9H2,1H3. The molecule has 2 N–H and O–H groups in total. The molecule has 0 aromatic carbocycles. The van der Waals surface area contributed by atoms with Crippen molar-refractivity contribution in [3.05, 3.63) is 0 Å². The Morgan fingerprint density at radius 3 is 2.60 bits per heavy atom. The van der Waals surface area contributed by atoms with Crippen LogP contribution in [-0.2, 0) is 0 Å². The highest BCUT2D eigenvalue weighted by atomic mass is 15.2. The number of nitrogens with zero attached hydrogens (tertiary/aromatic N) is 1. The van der Waals surface area contributed by atoms with Gasteiger partial charge in [-0.3, -0.25) is 0 Å². The van der Waals surface area contributed by atoms with Crippen LogP contribution in [0.25, 0.3) is 0 Å². The summed E-state index contributed by atoms with van der Waals surface area (Å²) in [6, 6.07) is 0. The van der Waals surface area contributed by atoms with Crippen LogP contribution in [-0.4, -0.2) is 31.1 Å². The number of hydrogen-bond donors (Lipinski definition) is 1. The number of rotatable bonds is 4. The topological polar surface area (TPSA) is 29.3 Å². The Hall–Kier alpha value is -0.0800. The third-order valence-corrected chi connectivity index (χ3v) is 2.29. The summed E-state index contributed by atoms with van der Waals surface area (Å²) in [5.41, 5.74) is 5.50. The fourth-order valence-corrected chi connectivity index (χ4v) is 1.13. The van der Waals surface area contributed by atoms with Crippen molar-refractivity contribution in [2.45, 2.75) is 19.8 Å². The van der Waals surface area contributed by atoms with Crippen molar-refractivity contribution in [3.63, 3.8) is 0 Å². The van der Waals surface area contributed by atoms with Crippen LogP contribution >= 0.6 is 0 Å². The van der Waals surface area contributed by atoms with E-state index in [1.54, 1.807) is 0 Å². The van der Waals surface area contributed by atoms with Gasteiger partial charge in [0.2, 0.25) is 0 Å². The van der Waals surface area contributed by atoms with Gasteiger partial charge in [-0.15, -0.1) is 0 Å². The summed E-state index contributed by atoms with van der Waals surface area (Å²) in [5.74, 6) is 0.709. The zero-order chi connectivity index (χ0) is 7.40. The summed E-state index contributed by atoms with van der Waals surface area (Å²) in [7, 11) is 0. The van der Waals surface area contributed by atoms with Crippen LogP contribution in [0, 0.1) is 5.92 Å². The molecule has 1 atom stereocenters. The summed E-state index contributed by atoms with van der Waals surface area (Å²) in [6.07, 6.45) is 2.67. The minimum Gasteiger partial charge on any atom is -0.330 e. The molecule has 10 heavy (non-hydrogen) atoms. The molecule has 1 fully saturated rings. The first-order chi connectivity index (χ1) is 4.83. The molecular weight excluding hydrogens is 124 g/mol. The molecule has 1 aliphatic heterocycles. The first kappa shape index (κ1) is 8.02. The quantitative estimate of drug-likeness (QED) is 0.625. The Morgan fingerprint density at radius 1 is 1.50 bits per heavy atom. The van der Waals surface area contributed by atoms with Crippen LogP contribution in [0.1, 0.15) is 19.8 Å². The van der Waals surface area contributed by atoms with Crippen molar-refractivity contribution in [2.75, 3.05) is 26.2 Å². The maximum atomic E-state index is 5.50. The van der Waals surface area contributed by atoms with E-state index in [1.807, 2.05) is 0 Å². The highest BCUT2D eigenvalue weighted by Gasteiger charge is 2.13. The van der Waals surface area contributed by atoms with E-state index in [1.165, 1.54) is 32.5 Å². The lowest BCUT2D eigenvalue weighted by Crippen LogP contribution is -2.38. The van der Waals surface area contributed by atoms with Crippen LogP contribution in [0.5, 0.6) is 0 Å². The Morgan fingerprint density at radius 2 is 2.20 bits per heavy atom. The molecule has 0 aliphatic carbocycles. The lowest BCUT2D eigenvalue weighted by molar-refractivity contribution is 0.171. The average Bonchev–Trinajstić information content (AvgIpc) is 1.84. The fourth-order valence-electron chi connectivity index (χ4n) is 1.13. The Kier molecular flexibility index (Phi) is 3.16. The van der Waals surface area contributed by atoms with E-state index in [9.17, 15) is 0 Å². The minimum atomic E-state index is 0.709. The fraction of sp³-hybridized carbons (Fsp3) is 1.00. The van der Waals surface area contributed by atoms with Gasteiger partial charge in [-0.2, -0.15) is 0 Å². The molecule has 0 aromatic rings. The van der Waals surface area contributed by atoms with Gasteiger partial charge >= 0.3 is 0 Å². The molecule has 1 rings (SSSR count). The molecule has 0 amide bonds. The molecule has 2 nitrogen and oxygen atoms in total. The van der Waals surface area contributed by atoms with Crippen LogP contribution in [0.15, 0.2) is 0 Å². The first-order valence-electron chi connectivity index (χ1n) is 4.25. The highest BCUT2D eigenvalue weighted by Crippen LogP contribution is 2.08. The van der Waals surface area contributed by atoms with Crippen LogP contribution in [0.3, 0.4) is 0 Å². The van der Waals surface area contributed by atoms with Crippen molar-refractivity contribution < 1.29 is 0 Å². The molecule has 1 heterocycles. The van der Waals surface area contributed by atoms with Crippen LogP contribution in [0.4, 0.5) is 0 Å². The largest absolute Gasteiger partial charge is 0.330 e. The van der Waals surface area contributed by atoms with Gasteiger partial charge in [0.05, 0.1) is 0 Å². The van der Waals surface area contributed by atoms with Crippen molar-refractivity contribution in [1.82, 2.24) is 4.90 Å². The zero-order valence-electron chi connectivity index (χ0n) is 6.84. The number of hydrogen-bond acceptors (Lipinski definition) is 2. The molecule has 0 spiro atoms. The number of nitrogens with two attached hydrogens (primary N) is 1. The molecule has 0 saturated carbocycles. The molecular formula is C8H18N2. The lowest BCUT2D eigenvalue weighted by atomic mass is 10.1. The molecule has 60 valence electrons. The van der Waals surface area contributed by atoms with E-state index in [-0.39, 0.29) is 0 Å². The van der Waals surface area contributed by atoms with Crippen molar-refractivity contribution >= 4 is 0 Å². The minimum absolute atomic E-state index is 0.709. The maximum absolute atomic E-state index is 5.50. The van der Waals surface area contributed by atoms with Gasteiger partial charge in [0.25, 0.3) is 0 Å². The van der Waals surface area contributed by atoms with Gasteiger partial charge in [0, 0.05) is 0 Å². The van der Waals surface area contributed by atoms with Gasteiger partial charge in [-0.1, -0.05) is 6.92 Å². The second-order valence-corrected chi connectivity index (χ2v) is 3.32. The van der Waals surface area contributed by atoms with E-state index in [0.717, 1.165) is 6.54 Å². The van der Waals surface area contributed by atoms with Crippen molar-refractivity contribution in [2.24, 2.45) is 11.7 Å². The summed E-state index contributed by atoms with van der Waals surface area (Å²) < 4.78 is 0.